The second-order valence-electron chi connectivity index (χ2n) is 6.19. The molecule has 2 aromatic carbocycles. The summed E-state index contributed by atoms with van der Waals surface area (Å²) >= 11 is 1.66. The van der Waals surface area contributed by atoms with Crippen LogP contribution in [-0.2, 0) is 0 Å². The summed E-state index contributed by atoms with van der Waals surface area (Å²) in [6.07, 6.45) is 0. The van der Waals surface area contributed by atoms with Crippen LogP contribution < -0.4 is 15.8 Å². The van der Waals surface area contributed by atoms with Crippen molar-refractivity contribution in [1.82, 2.24) is 9.97 Å². The summed E-state index contributed by atoms with van der Waals surface area (Å²) in [4.78, 5) is 30.0. The van der Waals surface area contributed by atoms with Crippen LogP contribution >= 0.6 is 11.3 Å². The number of nitrogens with zero attached hydrogens (tertiary/aromatic N) is 1. The number of rotatable bonds is 1. The van der Waals surface area contributed by atoms with E-state index in [1.165, 1.54) is 0 Å². The third kappa shape index (κ3) is 1.99. The maximum atomic E-state index is 12.8. The zero-order valence-corrected chi connectivity index (χ0v) is 14.7. The minimum atomic E-state index is -0.509. The Kier molecular flexibility index (Phi) is 3.11. The van der Waals surface area contributed by atoms with Crippen LogP contribution in [0.4, 0.5) is 0 Å². The van der Waals surface area contributed by atoms with Gasteiger partial charge in [0.1, 0.15) is 16.8 Å². The number of pyridine rings is 1. The summed E-state index contributed by atoms with van der Waals surface area (Å²) in [5.41, 5.74) is 1.52. The fourth-order valence-electron chi connectivity index (χ4n) is 3.59. The lowest BCUT2D eigenvalue weighted by molar-refractivity contribution is -0.575. The summed E-state index contributed by atoms with van der Waals surface area (Å²) in [5.74, 6) is 0. The quantitative estimate of drug-likeness (QED) is 0.451. The standard InChI is InChI=1S/C20H13N3O2S/c1-11-17-15(13-9-5-6-10-14(13)26-17)16-18(21-20(25)22-19(16)24)23(11)12-7-3-2-4-8-12/h2-10H,1H3,(H,22,24,25)/p+1. The van der Waals surface area contributed by atoms with Crippen molar-refractivity contribution >= 4 is 42.5 Å². The first kappa shape index (κ1) is 15.0. The van der Waals surface area contributed by atoms with E-state index in [0.29, 0.717) is 11.0 Å². The van der Waals surface area contributed by atoms with Gasteiger partial charge in [0.2, 0.25) is 0 Å². The van der Waals surface area contributed by atoms with Crippen molar-refractivity contribution in [3.8, 4) is 5.69 Å². The molecule has 0 aliphatic carbocycles. The highest BCUT2D eigenvalue weighted by atomic mass is 32.1. The van der Waals surface area contributed by atoms with Crippen molar-refractivity contribution in [2.75, 3.05) is 0 Å². The number of thiophene rings is 1. The molecule has 0 spiro atoms. The smallest absolute Gasteiger partial charge is 0.268 e. The lowest BCUT2D eigenvalue weighted by Gasteiger charge is -2.08. The van der Waals surface area contributed by atoms with Gasteiger partial charge in [-0.3, -0.25) is 9.78 Å². The lowest BCUT2D eigenvalue weighted by Crippen LogP contribution is -2.39. The number of aromatic nitrogens is 3. The molecule has 126 valence electrons. The van der Waals surface area contributed by atoms with Gasteiger partial charge in [-0.2, -0.15) is 9.55 Å². The van der Waals surface area contributed by atoms with Crippen molar-refractivity contribution in [2.45, 2.75) is 6.92 Å². The van der Waals surface area contributed by atoms with Crippen LogP contribution in [-0.4, -0.2) is 9.97 Å². The number of fused-ring (bicyclic) bond motifs is 5. The van der Waals surface area contributed by atoms with Gasteiger partial charge in [-0.1, -0.05) is 36.4 Å². The van der Waals surface area contributed by atoms with Crippen molar-refractivity contribution in [3.05, 3.63) is 81.1 Å². The Morgan fingerprint density at radius 2 is 1.62 bits per heavy atom. The van der Waals surface area contributed by atoms with E-state index in [-0.39, 0.29) is 5.56 Å². The Hall–Kier alpha value is -3.25. The Morgan fingerprint density at radius 1 is 0.885 bits per heavy atom. The first-order valence-electron chi connectivity index (χ1n) is 8.23. The van der Waals surface area contributed by atoms with Gasteiger partial charge in [0.05, 0.1) is 4.70 Å². The molecule has 5 aromatic rings. The number of hydrogen-bond acceptors (Lipinski definition) is 3. The van der Waals surface area contributed by atoms with E-state index in [2.05, 4.69) is 16.0 Å². The summed E-state index contributed by atoms with van der Waals surface area (Å²) in [6, 6.07) is 17.8. The van der Waals surface area contributed by atoms with Crippen molar-refractivity contribution < 1.29 is 4.57 Å². The molecule has 0 fully saturated rings. The summed E-state index contributed by atoms with van der Waals surface area (Å²) < 4.78 is 4.10. The van der Waals surface area contributed by atoms with E-state index in [4.69, 9.17) is 0 Å². The maximum Gasteiger partial charge on any atom is 0.413 e. The highest BCUT2D eigenvalue weighted by Crippen LogP contribution is 2.37. The van der Waals surface area contributed by atoms with Crippen molar-refractivity contribution in [3.63, 3.8) is 0 Å². The van der Waals surface area contributed by atoms with Crippen LogP contribution in [0.1, 0.15) is 5.69 Å². The van der Waals surface area contributed by atoms with Crippen LogP contribution in [0.15, 0.2) is 64.2 Å². The van der Waals surface area contributed by atoms with E-state index in [1.54, 1.807) is 11.3 Å². The Labute approximate surface area is 151 Å². The molecule has 0 atom stereocenters. The topological polar surface area (TPSA) is 69.6 Å². The van der Waals surface area contributed by atoms with Gasteiger partial charge >= 0.3 is 11.3 Å². The van der Waals surface area contributed by atoms with Crippen LogP contribution in [0.2, 0.25) is 0 Å². The molecular weight excluding hydrogens is 346 g/mol. The van der Waals surface area contributed by atoms with Gasteiger partial charge in [0, 0.05) is 15.5 Å². The molecular formula is C20H14N3O2S+. The molecule has 0 amide bonds. The third-order valence-corrected chi connectivity index (χ3v) is 5.95. The normalized spacial score (nSPS) is 11.6. The second kappa shape index (κ2) is 5.37. The number of benzene rings is 2. The Morgan fingerprint density at radius 3 is 2.42 bits per heavy atom. The van der Waals surface area contributed by atoms with E-state index < -0.39 is 5.69 Å². The zero-order valence-electron chi connectivity index (χ0n) is 13.9. The van der Waals surface area contributed by atoms with Crippen LogP contribution in [0.5, 0.6) is 0 Å². The lowest BCUT2D eigenvalue weighted by atomic mass is 10.1. The molecule has 0 saturated carbocycles. The maximum absolute atomic E-state index is 12.8. The zero-order chi connectivity index (χ0) is 17.8. The molecule has 0 aliphatic heterocycles. The first-order chi connectivity index (χ1) is 12.6. The van der Waals surface area contributed by atoms with E-state index in [9.17, 15) is 9.59 Å². The van der Waals surface area contributed by atoms with Gasteiger partial charge < -0.3 is 0 Å². The molecule has 2 N–H and O–H groups in total. The molecule has 0 unspecified atom stereocenters. The third-order valence-electron chi connectivity index (χ3n) is 4.67. The molecule has 26 heavy (non-hydrogen) atoms. The number of para-hydroxylation sites is 1. The molecule has 5 nitrogen and oxygen atoms in total. The number of nitrogens with one attached hydrogen (secondary N) is 2. The average Bonchev–Trinajstić information content (AvgIpc) is 3.02. The molecule has 6 heteroatoms. The molecule has 3 aromatic heterocycles. The molecule has 0 aliphatic rings. The summed E-state index contributed by atoms with van der Waals surface area (Å²) in [6.45, 7) is 2.02. The van der Waals surface area contributed by atoms with Gasteiger partial charge in [0.15, 0.2) is 0 Å². The molecule has 0 bridgehead atoms. The highest BCUT2D eigenvalue weighted by molar-refractivity contribution is 7.26. The minimum absolute atomic E-state index is 0.373. The van der Waals surface area contributed by atoms with E-state index >= 15 is 0 Å². The SMILES string of the molecule is Cc1c2sc3ccccc3c2c2c(=O)[nH]c(=O)[nH]c2[n+]1-c1ccccc1. The van der Waals surface area contributed by atoms with Crippen LogP contribution in [0.3, 0.4) is 0 Å². The van der Waals surface area contributed by atoms with Crippen molar-refractivity contribution in [2.24, 2.45) is 0 Å². The van der Waals surface area contributed by atoms with Gasteiger partial charge in [-0.05, 0) is 25.1 Å². The number of aryl methyl sites for hydroxylation is 1. The number of hydrogen-bond donors (Lipinski definition) is 2. The second-order valence-corrected chi connectivity index (χ2v) is 7.24. The Balaban J connectivity index is 2.16. The number of H-pyrrole nitrogens is 2. The predicted octanol–water partition coefficient (Wildman–Crippen LogP) is 3.17. The fourth-order valence-corrected chi connectivity index (χ4v) is 4.79. The van der Waals surface area contributed by atoms with Gasteiger partial charge in [-0.15, -0.1) is 11.3 Å². The molecule has 5 rings (SSSR count). The van der Waals surface area contributed by atoms with Gasteiger partial charge in [-0.25, -0.2) is 4.79 Å². The molecule has 3 heterocycles. The van der Waals surface area contributed by atoms with Crippen molar-refractivity contribution in [1.29, 1.82) is 0 Å². The Bertz CT molecular complexity index is 1430. The monoisotopic (exact) mass is 360 g/mol. The highest BCUT2D eigenvalue weighted by Gasteiger charge is 2.24. The average molecular weight is 360 g/mol. The first-order valence-corrected chi connectivity index (χ1v) is 9.04. The fraction of sp³-hybridized carbons (Fsp3) is 0.0500. The largest absolute Gasteiger partial charge is 0.413 e. The summed E-state index contributed by atoms with van der Waals surface area (Å²) in [7, 11) is 0. The molecule has 0 saturated heterocycles. The van der Waals surface area contributed by atoms with E-state index in [1.807, 2.05) is 60.0 Å². The van der Waals surface area contributed by atoms with Gasteiger partial charge in [0.25, 0.3) is 5.56 Å². The van der Waals surface area contributed by atoms with Crippen LogP contribution in [0.25, 0.3) is 36.9 Å². The predicted molar refractivity (Wildman–Crippen MR) is 104 cm³/mol. The molecule has 0 radical (unpaired) electrons. The summed E-state index contributed by atoms with van der Waals surface area (Å²) in [5, 5.41) is 2.42. The minimum Gasteiger partial charge on any atom is -0.268 e. The van der Waals surface area contributed by atoms with E-state index in [0.717, 1.165) is 31.6 Å². The number of aromatic amines is 2. The van der Waals surface area contributed by atoms with Crippen LogP contribution in [0, 0.1) is 6.92 Å².